The van der Waals surface area contributed by atoms with Crippen molar-refractivity contribution >= 4 is 11.6 Å². The van der Waals surface area contributed by atoms with Crippen molar-refractivity contribution in [3.63, 3.8) is 0 Å². The number of aromatic nitrogens is 2. The predicted molar refractivity (Wildman–Crippen MR) is 134 cm³/mol. The molecule has 0 aliphatic heterocycles. The van der Waals surface area contributed by atoms with E-state index in [9.17, 15) is 4.79 Å². The third kappa shape index (κ3) is 5.46. The number of anilines is 1. The maximum Gasteiger partial charge on any atom is 0.226 e. The summed E-state index contributed by atoms with van der Waals surface area (Å²) in [5.41, 5.74) is 5.67. The maximum atomic E-state index is 12.7. The van der Waals surface area contributed by atoms with E-state index in [0.29, 0.717) is 30.2 Å². The van der Waals surface area contributed by atoms with Crippen LogP contribution >= 0.6 is 0 Å². The lowest BCUT2D eigenvalue weighted by molar-refractivity contribution is -0.116. The average Bonchev–Trinajstić information content (AvgIpc) is 3.14. The summed E-state index contributed by atoms with van der Waals surface area (Å²) in [6.45, 7) is 6.00. The molecule has 0 saturated heterocycles. The highest BCUT2D eigenvalue weighted by molar-refractivity contribution is 5.90. The number of ether oxygens (including phenoxy) is 2. The van der Waals surface area contributed by atoms with E-state index in [1.165, 1.54) is 0 Å². The van der Waals surface area contributed by atoms with Crippen LogP contribution in [0, 0.1) is 20.8 Å². The summed E-state index contributed by atoms with van der Waals surface area (Å²) in [4.78, 5) is 12.7. The molecule has 1 N–H and O–H groups in total. The highest BCUT2D eigenvalue weighted by atomic mass is 16.5. The zero-order valence-corrected chi connectivity index (χ0v) is 20.0. The Morgan fingerprint density at radius 1 is 0.912 bits per heavy atom. The number of hydrogen-bond donors (Lipinski definition) is 1. The molecule has 0 saturated carbocycles. The van der Waals surface area contributed by atoms with E-state index in [4.69, 9.17) is 14.6 Å². The van der Waals surface area contributed by atoms with Gasteiger partial charge in [0, 0.05) is 23.7 Å². The van der Waals surface area contributed by atoms with Gasteiger partial charge in [-0.1, -0.05) is 35.9 Å². The molecular formula is C28H29N3O3. The van der Waals surface area contributed by atoms with Crippen LogP contribution in [0.3, 0.4) is 0 Å². The van der Waals surface area contributed by atoms with Crippen molar-refractivity contribution in [3.05, 3.63) is 95.2 Å². The van der Waals surface area contributed by atoms with Crippen molar-refractivity contribution in [3.8, 4) is 23.1 Å². The lowest BCUT2D eigenvalue weighted by Gasteiger charge is -2.13. The third-order valence-electron chi connectivity index (χ3n) is 5.58. The first-order valence-corrected chi connectivity index (χ1v) is 11.3. The largest absolute Gasteiger partial charge is 0.497 e. The zero-order chi connectivity index (χ0) is 24.1. The van der Waals surface area contributed by atoms with E-state index in [-0.39, 0.29) is 5.91 Å². The fourth-order valence-electron chi connectivity index (χ4n) is 3.74. The fraction of sp³-hybridized carbons (Fsp3) is 0.214. The van der Waals surface area contributed by atoms with Gasteiger partial charge in [-0.3, -0.25) is 4.79 Å². The molecule has 0 fully saturated rings. The number of carbonyl (C=O) groups excluding carboxylic acids is 1. The molecule has 1 amide bonds. The highest BCUT2D eigenvalue weighted by Crippen LogP contribution is 2.33. The summed E-state index contributed by atoms with van der Waals surface area (Å²) < 4.78 is 13.5. The Balaban J connectivity index is 1.62. The summed E-state index contributed by atoms with van der Waals surface area (Å²) in [7, 11) is 1.62. The molecule has 0 atom stereocenters. The van der Waals surface area contributed by atoms with E-state index in [1.807, 2.05) is 87.5 Å². The Hall–Kier alpha value is -4.06. The number of carbonyl (C=O) groups is 1. The lowest BCUT2D eigenvalue weighted by atomic mass is 10.1. The molecule has 1 heterocycles. The van der Waals surface area contributed by atoms with Crippen LogP contribution in [0.5, 0.6) is 17.4 Å². The second-order valence-electron chi connectivity index (χ2n) is 8.32. The van der Waals surface area contributed by atoms with Crippen molar-refractivity contribution in [2.45, 2.75) is 33.6 Å². The Morgan fingerprint density at radius 3 is 2.38 bits per heavy atom. The van der Waals surface area contributed by atoms with Crippen LogP contribution in [0.25, 0.3) is 5.69 Å². The SMILES string of the molecule is COc1cccc(Oc2c(CCC(=O)Nc3ccc(C)cc3)c(C)nn2-c2cccc(C)c2)c1. The van der Waals surface area contributed by atoms with Gasteiger partial charge >= 0.3 is 0 Å². The first-order valence-electron chi connectivity index (χ1n) is 11.3. The minimum absolute atomic E-state index is 0.0566. The quantitative estimate of drug-likeness (QED) is 0.345. The van der Waals surface area contributed by atoms with E-state index in [0.717, 1.165) is 33.8 Å². The average molecular weight is 456 g/mol. The van der Waals surface area contributed by atoms with Gasteiger partial charge in [0.2, 0.25) is 11.8 Å². The number of aryl methyl sites for hydroxylation is 3. The minimum Gasteiger partial charge on any atom is -0.497 e. The lowest BCUT2D eigenvalue weighted by Crippen LogP contribution is -2.12. The van der Waals surface area contributed by atoms with Gasteiger partial charge in [-0.25, -0.2) is 4.68 Å². The maximum absolute atomic E-state index is 12.7. The number of hydrogen-bond acceptors (Lipinski definition) is 4. The van der Waals surface area contributed by atoms with E-state index in [2.05, 4.69) is 11.4 Å². The number of benzene rings is 3. The Bertz CT molecular complexity index is 1290. The molecule has 0 unspecified atom stereocenters. The highest BCUT2D eigenvalue weighted by Gasteiger charge is 2.20. The van der Waals surface area contributed by atoms with Crippen molar-refractivity contribution in [2.75, 3.05) is 12.4 Å². The smallest absolute Gasteiger partial charge is 0.226 e. The summed E-state index contributed by atoms with van der Waals surface area (Å²) in [5, 5.41) is 7.73. The molecule has 3 aromatic carbocycles. The van der Waals surface area contributed by atoms with Crippen LogP contribution in [0.2, 0.25) is 0 Å². The normalized spacial score (nSPS) is 10.7. The number of amides is 1. The minimum atomic E-state index is -0.0566. The molecule has 0 spiro atoms. The van der Waals surface area contributed by atoms with Crippen LogP contribution in [0.15, 0.2) is 72.8 Å². The second-order valence-corrected chi connectivity index (χ2v) is 8.32. The standard InChI is InChI=1S/C28H29N3O3/c1-19-11-13-22(14-12-19)29-27(32)16-15-26-21(3)30-31(23-8-5-7-20(2)17-23)28(26)34-25-10-6-9-24(18-25)33-4/h5-14,17-18H,15-16H2,1-4H3,(H,29,32). The van der Waals surface area contributed by atoms with Crippen molar-refractivity contribution in [1.29, 1.82) is 0 Å². The number of methoxy groups -OCH3 is 1. The molecule has 34 heavy (non-hydrogen) atoms. The van der Waals surface area contributed by atoms with Crippen LogP contribution < -0.4 is 14.8 Å². The molecule has 174 valence electrons. The van der Waals surface area contributed by atoms with Gasteiger partial charge in [-0.15, -0.1) is 0 Å². The Labute approximate surface area is 200 Å². The topological polar surface area (TPSA) is 65.4 Å². The van der Waals surface area contributed by atoms with Gasteiger partial charge < -0.3 is 14.8 Å². The molecule has 0 aliphatic carbocycles. The van der Waals surface area contributed by atoms with E-state index >= 15 is 0 Å². The summed E-state index contributed by atoms with van der Waals surface area (Å²) in [6.07, 6.45) is 0.803. The number of nitrogens with zero attached hydrogens (tertiary/aromatic N) is 2. The molecule has 1 aromatic heterocycles. The van der Waals surface area contributed by atoms with Gasteiger partial charge in [0.15, 0.2) is 0 Å². The molecule has 6 heteroatoms. The van der Waals surface area contributed by atoms with Crippen molar-refractivity contribution in [1.82, 2.24) is 9.78 Å². The van der Waals surface area contributed by atoms with E-state index in [1.54, 1.807) is 11.8 Å². The number of nitrogens with one attached hydrogen (secondary N) is 1. The van der Waals surface area contributed by atoms with Gasteiger partial charge in [0.1, 0.15) is 11.5 Å². The van der Waals surface area contributed by atoms with Crippen molar-refractivity contribution in [2.24, 2.45) is 0 Å². The van der Waals surface area contributed by atoms with Gasteiger partial charge in [-0.05, 0) is 69.2 Å². The molecule has 4 aromatic rings. The van der Waals surface area contributed by atoms with E-state index < -0.39 is 0 Å². The molecule has 6 nitrogen and oxygen atoms in total. The summed E-state index contributed by atoms with van der Waals surface area (Å²) >= 11 is 0. The summed E-state index contributed by atoms with van der Waals surface area (Å²) in [5.74, 6) is 1.88. The second kappa shape index (κ2) is 10.3. The van der Waals surface area contributed by atoms with Crippen LogP contribution in [0.1, 0.15) is 28.8 Å². The van der Waals surface area contributed by atoms with Gasteiger partial charge in [-0.2, -0.15) is 5.10 Å². The third-order valence-corrected chi connectivity index (χ3v) is 5.58. The first-order chi connectivity index (χ1) is 16.4. The van der Waals surface area contributed by atoms with Gasteiger partial charge in [0.25, 0.3) is 0 Å². The van der Waals surface area contributed by atoms with Crippen molar-refractivity contribution < 1.29 is 14.3 Å². The first kappa shape index (κ1) is 23.1. The van der Waals surface area contributed by atoms with Crippen LogP contribution in [-0.4, -0.2) is 22.8 Å². The zero-order valence-electron chi connectivity index (χ0n) is 20.0. The van der Waals surface area contributed by atoms with Crippen LogP contribution in [0.4, 0.5) is 5.69 Å². The number of rotatable bonds is 8. The summed E-state index contributed by atoms with van der Waals surface area (Å²) in [6, 6.07) is 23.3. The molecule has 4 rings (SSSR count). The molecule has 0 radical (unpaired) electrons. The monoisotopic (exact) mass is 455 g/mol. The van der Waals surface area contributed by atoms with Gasteiger partial charge in [0.05, 0.1) is 18.5 Å². The molecular weight excluding hydrogens is 426 g/mol. The predicted octanol–water partition coefficient (Wildman–Crippen LogP) is 6.17. The Kier molecular flexibility index (Phi) is 6.97. The molecule has 0 aliphatic rings. The fourth-order valence-corrected chi connectivity index (χ4v) is 3.74. The van der Waals surface area contributed by atoms with Crippen LogP contribution in [-0.2, 0) is 11.2 Å². The Morgan fingerprint density at radius 2 is 1.65 bits per heavy atom. The molecule has 0 bridgehead atoms.